The van der Waals surface area contributed by atoms with Gasteiger partial charge in [-0.3, -0.25) is 9.69 Å². The molecule has 1 amide bonds. The largest absolute Gasteiger partial charge is 0.376 e. The molecule has 1 aromatic carbocycles. The van der Waals surface area contributed by atoms with Crippen LogP contribution in [-0.4, -0.2) is 56.5 Å². The normalized spacial score (nSPS) is 16.9. The Morgan fingerprint density at radius 3 is 2.81 bits per heavy atom. The quantitative estimate of drug-likeness (QED) is 0.464. The van der Waals surface area contributed by atoms with E-state index in [-0.39, 0.29) is 25.0 Å². The summed E-state index contributed by atoms with van der Waals surface area (Å²) in [5.41, 5.74) is 0.870. The minimum Gasteiger partial charge on any atom is -0.376 e. The molecular formula is C21H25N3O4S3. The molecule has 3 heterocycles. The van der Waals surface area contributed by atoms with Crippen LogP contribution >= 0.6 is 22.7 Å². The van der Waals surface area contributed by atoms with Crippen LogP contribution in [0.15, 0.2) is 46.0 Å². The van der Waals surface area contributed by atoms with E-state index in [0.29, 0.717) is 22.3 Å². The van der Waals surface area contributed by atoms with Crippen LogP contribution in [0.25, 0.3) is 10.2 Å². The molecule has 0 saturated carbocycles. The second kappa shape index (κ2) is 9.74. The third-order valence-corrected chi connectivity index (χ3v) is 9.54. The second-order valence-electron chi connectivity index (χ2n) is 7.47. The molecule has 0 spiro atoms. The number of anilines is 1. The summed E-state index contributed by atoms with van der Waals surface area (Å²) in [6, 6.07) is 11.1. The van der Waals surface area contributed by atoms with Crippen molar-refractivity contribution in [1.29, 1.82) is 0 Å². The summed E-state index contributed by atoms with van der Waals surface area (Å²) >= 11 is 2.69. The van der Waals surface area contributed by atoms with Gasteiger partial charge < -0.3 is 4.74 Å². The number of ether oxygens (including phenoxy) is 1. The lowest BCUT2D eigenvalue weighted by Gasteiger charge is -2.23. The molecule has 10 heteroatoms. The van der Waals surface area contributed by atoms with Gasteiger partial charge in [-0.2, -0.15) is 0 Å². The summed E-state index contributed by atoms with van der Waals surface area (Å²) in [6.07, 6.45) is 2.62. The summed E-state index contributed by atoms with van der Waals surface area (Å²) < 4.78 is 33.6. The van der Waals surface area contributed by atoms with Crippen molar-refractivity contribution in [2.75, 3.05) is 31.6 Å². The number of hydrogen-bond donors (Lipinski definition) is 0. The van der Waals surface area contributed by atoms with Gasteiger partial charge in [0.25, 0.3) is 10.0 Å². The van der Waals surface area contributed by atoms with Crippen LogP contribution in [0.1, 0.15) is 25.7 Å². The maximum atomic E-state index is 13.1. The number of benzene rings is 1. The van der Waals surface area contributed by atoms with E-state index in [1.54, 1.807) is 29.5 Å². The smallest absolute Gasteiger partial charge is 0.252 e. The number of thiophene rings is 1. The summed E-state index contributed by atoms with van der Waals surface area (Å²) in [4.78, 5) is 19.5. The van der Waals surface area contributed by atoms with Gasteiger partial charge in [0.05, 0.1) is 22.9 Å². The SMILES string of the molecule is CN(CCCC(=O)N(CC1CCCO1)c1nc2ccccc2s1)S(=O)(=O)c1cccs1. The van der Waals surface area contributed by atoms with Gasteiger partial charge >= 0.3 is 0 Å². The first kappa shape index (κ1) is 22.3. The number of fused-ring (bicyclic) bond motifs is 1. The lowest BCUT2D eigenvalue weighted by Crippen LogP contribution is -2.38. The van der Waals surface area contributed by atoms with Crippen molar-refractivity contribution in [3.05, 3.63) is 41.8 Å². The predicted molar refractivity (Wildman–Crippen MR) is 124 cm³/mol. The Balaban J connectivity index is 1.43. The average molecular weight is 480 g/mol. The third-order valence-electron chi connectivity index (χ3n) is 5.25. The molecule has 0 bridgehead atoms. The van der Waals surface area contributed by atoms with Crippen molar-refractivity contribution in [3.8, 4) is 0 Å². The lowest BCUT2D eigenvalue weighted by atomic mass is 10.2. The zero-order chi connectivity index (χ0) is 21.8. The van der Waals surface area contributed by atoms with E-state index in [9.17, 15) is 13.2 Å². The van der Waals surface area contributed by atoms with Gasteiger partial charge in [0.2, 0.25) is 5.91 Å². The van der Waals surface area contributed by atoms with Crippen LogP contribution in [0.5, 0.6) is 0 Å². The third kappa shape index (κ3) is 5.15. The fourth-order valence-electron chi connectivity index (χ4n) is 3.53. The second-order valence-corrected chi connectivity index (χ2v) is 11.7. The highest BCUT2D eigenvalue weighted by atomic mass is 32.2. The van der Waals surface area contributed by atoms with Crippen molar-refractivity contribution in [1.82, 2.24) is 9.29 Å². The predicted octanol–water partition coefficient (Wildman–Crippen LogP) is 3.97. The fraction of sp³-hybridized carbons (Fsp3) is 0.429. The number of para-hydroxylation sites is 1. The van der Waals surface area contributed by atoms with Gasteiger partial charge in [-0.15, -0.1) is 11.3 Å². The molecule has 0 radical (unpaired) electrons. The first-order valence-electron chi connectivity index (χ1n) is 10.2. The van der Waals surface area contributed by atoms with Crippen LogP contribution in [0.4, 0.5) is 5.13 Å². The van der Waals surface area contributed by atoms with Gasteiger partial charge in [0.1, 0.15) is 4.21 Å². The standard InChI is InChI=1S/C21H25N3O4S3/c1-23(31(26,27)20-11-6-14-29-20)12-4-10-19(25)24(15-16-7-5-13-28-16)21-22-17-8-2-3-9-18(17)30-21/h2-3,6,8-9,11,14,16H,4-5,7,10,12-13,15H2,1H3. The molecule has 3 aromatic rings. The van der Waals surface area contributed by atoms with Gasteiger partial charge in [-0.05, 0) is 42.8 Å². The van der Waals surface area contributed by atoms with E-state index in [2.05, 4.69) is 4.98 Å². The minimum atomic E-state index is -3.51. The topological polar surface area (TPSA) is 79.8 Å². The molecule has 2 aromatic heterocycles. The highest BCUT2D eigenvalue weighted by Crippen LogP contribution is 2.30. The van der Waals surface area contributed by atoms with Gasteiger partial charge in [-0.25, -0.2) is 17.7 Å². The first-order chi connectivity index (χ1) is 14.9. The Kier molecular flexibility index (Phi) is 7.02. The summed E-state index contributed by atoms with van der Waals surface area (Å²) in [6.45, 7) is 1.47. The number of carbonyl (C=O) groups excluding carboxylic acids is 1. The molecule has 0 N–H and O–H groups in total. The zero-order valence-corrected chi connectivity index (χ0v) is 19.7. The summed E-state index contributed by atoms with van der Waals surface area (Å²) in [7, 11) is -1.95. The van der Waals surface area contributed by atoms with Crippen LogP contribution in [-0.2, 0) is 19.6 Å². The highest BCUT2D eigenvalue weighted by molar-refractivity contribution is 7.91. The number of carbonyl (C=O) groups is 1. The Bertz CT molecular complexity index is 1090. The van der Waals surface area contributed by atoms with E-state index in [1.807, 2.05) is 24.3 Å². The van der Waals surface area contributed by atoms with E-state index in [1.165, 1.54) is 27.0 Å². The van der Waals surface area contributed by atoms with Crippen molar-refractivity contribution in [2.45, 2.75) is 36.0 Å². The van der Waals surface area contributed by atoms with E-state index in [0.717, 1.165) is 29.7 Å². The molecule has 1 aliphatic rings. The van der Waals surface area contributed by atoms with Crippen LogP contribution in [0, 0.1) is 0 Å². The summed E-state index contributed by atoms with van der Waals surface area (Å²) in [5, 5.41) is 2.41. The Morgan fingerprint density at radius 1 is 1.26 bits per heavy atom. The molecule has 7 nitrogen and oxygen atoms in total. The molecule has 1 aliphatic heterocycles. The van der Waals surface area contributed by atoms with E-state index >= 15 is 0 Å². The summed E-state index contributed by atoms with van der Waals surface area (Å²) in [5.74, 6) is -0.0588. The van der Waals surface area contributed by atoms with E-state index in [4.69, 9.17) is 4.74 Å². The average Bonchev–Trinajstić information content (AvgIpc) is 3.53. The van der Waals surface area contributed by atoms with Crippen LogP contribution in [0.2, 0.25) is 0 Å². The monoisotopic (exact) mass is 479 g/mol. The number of amides is 1. The molecule has 1 fully saturated rings. The van der Waals surface area contributed by atoms with E-state index < -0.39 is 10.0 Å². The maximum absolute atomic E-state index is 13.1. The number of hydrogen-bond acceptors (Lipinski definition) is 7. The Labute approximate surface area is 190 Å². The van der Waals surface area contributed by atoms with Gasteiger partial charge in [0, 0.05) is 26.6 Å². The molecule has 166 valence electrons. The first-order valence-corrected chi connectivity index (χ1v) is 13.4. The number of sulfonamides is 1. The van der Waals surface area contributed by atoms with Crippen molar-refractivity contribution in [3.63, 3.8) is 0 Å². The van der Waals surface area contributed by atoms with Gasteiger partial charge in [-0.1, -0.05) is 29.5 Å². The Hall–Kier alpha value is -1.85. The van der Waals surface area contributed by atoms with Gasteiger partial charge in [0.15, 0.2) is 5.13 Å². The Morgan fingerprint density at radius 2 is 2.10 bits per heavy atom. The van der Waals surface area contributed by atoms with Crippen molar-refractivity contribution >= 4 is 54.0 Å². The molecule has 4 rings (SSSR count). The van der Waals surface area contributed by atoms with Crippen molar-refractivity contribution in [2.24, 2.45) is 0 Å². The zero-order valence-electron chi connectivity index (χ0n) is 17.3. The molecule has 1 atom stereocenters. The number of aromatic nitrogens is 1. The maximum Gasteiger partial charge on any atom is 0.252 e. The fourth-order valence-corrected chi connectivity index (χ4v) is 6.93. The van der Waals surface area contributed by atoms with Crippen LogP contribution < -0.4 is 4.90 Å². The number of rotatable bonds is 9. The number of thiazole rings is 1. The molecule has 1 unspecified atom stereocenters. The van der Waals surface area contributed by atoms with Crippen molar-refractivity contribution < 1.29 is 17.9 Å². The molecular weight excluding hydrogens is 454 g/mol. The molecule has 0 aliphatic carbocycles. The van der Waals surface area contributed by atoms with Crippen LogP contribution in [0.3, 0.4) is 0 Å². The molecule has 1 saturated heterocycles. The molecule has 31 heavy (non-hydrogen) atoms. The lowest BCUT2D eigenvalue weighted by molar-refractivity contribution is -0.119. The minimum absolute atomic E-state index is 0.0119. The number of nitrogens with zero attached hydrogens (tertiary/aromatic N) is 3. The highest BCUT2D eigenvalue weighted by Gasteiger charge is 2.27.